The van der Waals surface area contributed by atoms with Crippen molar-refractivity contribution >= 4 is 67.5 Å². The van der Waals surface area contributed by atoms with Gasteiger partial charge >= 0.3 is 0 Å². The van der Waals surface area contributed by atoms with Crippen LogP contribution < -0.4 is 5.73 Å². The first kappa shape index (κ1) is 15.0. The van der Waals surface area contributed by atoms with E-state index >= 15 is 0 Å². The molecular weight excluding hydrogens is 391 g/mol. The third-order valence-electron chi connectivity index (χ3n) is 2.93. The number of halogens is 3. The number of anilines is 1. The number of nitrogen functional groups attached to an aromatic ring is 1. The third-order valence-corrected chi connectivity index (χ3v) is 5.14. The van der Waals surface area contributed by atoms with Gasteiger partial charge < -0.3 is 5.73 Å². The molecule has 3 aromatic rings. The maximum absolute atomic E-state index is 6.22. The molecule has 0 atom stereocenters. The number of benzene rings is 2. The Balaban J connectivity index is 2.13. The van der Waals surface area contributed by atoms with Crippen LogP contribution in [0, 0.1) is 0 Å². The molecule has 0 aliphatic rings. The van der Waals surface area contributed by atoms with E-state index in [9.17, 15) is 0 Å². The highest BCUT2D eigenvalue weighted by atomic mass is 79.9. The fraction of sp³-hybridized carbons (Fsp3) is 0. The normalized spacial score (nSPS) is 11.0. The maximum atomic E-state index is 6.22. The van der Waals surface area contributed by atoms with Crippen molar-refractivity contribution in [3.05, 3.63) is 57.1 Å². The van der Waals surface area contributed by atoms with E-state index in [0.717, 1.165) is 25.2 Å². The molecule has 0 aliphatic carbocycles. The van der Waals surface area contributed by atoms with Crippen LogP contribution in [0.5, 0.6) is 0 Å². The number of rotatable bonds is 2. The van der Waals surface area contributed by atoms with Gasteiger partial charge in [0.05, 0.1) is 10.5 Å². The van der Waals surface area contributed by atoms with Crippen LogP contribution in [-0.4, -0.2) is 4.98 Å². The van der Waals surface area contributed by atoms with Crippen molar-refractivity contribution in [2.45, 2.75) is 9.79 Å². The van der Waals surface area contributed by atoms with E-state index in [1.165, 1.54) is 11.8 Å². The van der Waals surface area contributed by atoms with Crippen LogP contribution in [0.3, 0.4) is 0 Å². The Morgan fingerprint density at radius 3 is 2.67 bits per heavy atom. The van der Waals surface area contributed by atoms with Gasteiger partial charge in [-0.05, 0) is 52.3 Å². The Hall–Kier alpha value is -0.940. The van der Waals surface area contributed by atoms with Crippen LogP contribution in [0.1, 0.15) is 0 Å². The Morgan fingerprint density at radius 2 is 1.86 bits per heavy atom. The quantitative estimate of drug-likeness (QED) is 0.534. The monoisotopic (exact) mass is 398 g/mol. The van der Waals surface area contributed by atoms with Gasteiger partial charge in [-0.3, -0.25) is 4.98 Å². The van der Waals surface area contributed by atoms with Gasteiger partial charge in [0.15, 0.2) is 0 Å². The molecule has 0 aliphatic heterocycles. The Kier molecular flexibility index (Phi) is 4.31. The second-order valence-electron chi connectivity index (χ2n) is 4.38. The summed E-state index contributed by atoms with van der Waals surface area (Å²) in [5.41, 5.74) is 7.57. The first-order chi connectivity index (χ1) is 10.0. The van der Waals surface area contributed by atoms with Gasteiger partial charge in [-0.1, -0.05) is 35.0 Å². The molecule has 2 aromatic carbocycles. The summed E-state index contributed by atoms with van der Waals surface area (Å²) in [7, 11) is 0. The summed E-state index contributed by atoms with van der Waals surface area (Å²) < 4.78 is 0.893. The number of fused-ring (bicyclic) bond motifs is 1. The fourth-order valence-corrected chi connectivity index (χ4v) is 3.73. The zero-order valence-corrected chi connectivity index (χ0v) is 14.5. The zero-order valence-electron chi connectivity index (χ0n) is 10.6. The smallest absolute Gasteiger partial charge is 0.0862 e. The van der Waals surface area contributed by atoms with Crippen LogP contribution in [0.4, 0.5) is 5.69 Å². The lowest BCUT2D eigenvalue weighted by Crippen LogP contribution is -1.91. The molecule has 1 aromatic heterocycles. The van der Waals surface area contributed by atoms with E-state index in [2.05, 4.69) is 20.9 Å². The van der Waals surface area contributed by atoms with Crippen molar-refractivity contribution in [3.8, 4) is 0 Å². The first-order valence-corrected chi connectivity index (χ1v) is 8.38. The topological polar surface area (TPSA) is 38.9 Å². The van der Waals surface area contributed by atoms with Crippen molar-refractivity contribution in [3.63, 3.8) is 0 Å². The maximum Gasteiger partial charge on any atom is 0.0862 e. The third kappa shape index (κ3) is 3.14. The molecule has 0 amide bonds. The SMILES string of the molecule is Nc1ccc(Sc2cc(Cl)ccc2Cl)c2ncc(Br)cc12. The number of pyridine rings is 1. The summed E-state index contributed by atoms with van der Waals surface area (Å²) in [6, 6.07) is 11.2. The predicted octanol–water partition coefficient (Wildman–Crippen LogP) is 6.04. The molecule has 21 heavy (non-hydrogen) atoms. The van der Waals surface area contributed by atoms with Gasteiger partial charge in [0, 0.05) is 36.6 Å². The second kappa shape index (κ2) is 6.05. The van der Waals surface area contributed by atoms with E-state index in [4.69, 9.17) is 28.9 Å². The number of hydrogen-bond acceptors (Lipinski definition) is 3. The van der Waals surface area contributed by atoms with Crippen molar-refractivity contribution in [2.24, 2.45) is 0 Å². The van der Waals surface area contributed by atoms with Crippen LogP contribution >= 0.6 is 50.9 Å². The van der Waals surface area contributed by atoms with Gasteiger partial charge in [-0.2, -0.15) is 0 Å². The minimum atomic E-state index is 0.650. The van der Waals surface area contributed by atoms with Crippen molar-refractivity contribution in [1.29, 1.82) is 0 Å². The number of nitrogens with two attached hydrogens (primary N) is 1. The zero-order chi connectivity index (χ0) is 15.0. The summed E-state index contributed by atoms with van der Waals surface area (Å²) in [5.74, 6) is 0. The van der Waals surface area contributed by atoms with Crippen molar-refractivity contribution in [1.82, 2.24) is 4.98 Å². The molecule has 0 saturated carbocycles. The lowest BCUT2D eigenvalue weighted by molar-refractivity contribution is 1.33. The Bertz CT molecular complexity index is 839. The summed E-state index contributed by atoms with van der Waals surface area (Å²) in [6.45, 7) is 0. The van der Waals surface area contributed by atoms with Crippen LogP contribution in [0.25, 0.3) is 10.9 Å². The average molecular weight is 400 g/mol. The first-order valence-electron chi connectivity index (χ1n) is 6.01. The van der Waals surface area contributed by atoms with Crippen LogP contribution in [0.2, 0.25) is 10.0 Å². The lowest BCUT2D eigenvalue weighted by atomic mass is 10.2. The largest absolute Gasteiger partial charge is 0.398 e. The minimum Gasteiger partial charge on any atom is -0.398 e. The van der Waals surface area contributed by atoms with Crippen molar-refractivity contribution in [2.75, 3.05) is 5.73 Å². The molecule has 2 nitrogen and oxygen atoms in total. The molecule has 2 N–H and O–H groups in total. The molecule has 0 fully saturated rings. The molecule has 0 saturated heterocycles. The van der Waals surface area contributed by atoms with Gasteiger partial charge in [0.25, 0.3) is 0 Å². The van der Waals surface area contributed by atoms with E-state index in [-0.39, 0.29) is 0 Å². The molecule has 106 valence electrons. The fourth-order valence-electron chi connectivity index (χ4n) is 1.95. The number of nitrogens with zero attached hydrogens (tertiary/aromatic N) is 1. The summed E-state index contributed by atoms with van der Waals surface area (Å²) in [6.07, 6.45) is 1.76. The molecule has 6 heteroatoms. The van der Waals surface area contributed by atoms with Crippen LogP contribution in [0.15, 0.2) is 56.9 Å². The standard InChI is InChI=1S/C15H9BrCl2N2S/c16-8-5-10-12(19)3-4-13(15(10)20-7-8)21-14-6-9(17)1-2-11(14)18/h1-7H,19H2. The highest BCUT2D eigenvalue weighted by Crippen LogP contribution is 2.39. The van der Waals surface area contributed by atoms with Crippen LogP contribution in [-0.2, 0) is 0 Å². The van der Waals surface area contributed by atoms with E-state index < -0.39 is 0 Å². The van der Waals surface area contributed by atoms with E-state index in [1.54, 1.807) is 18.3 Å². The number of aromatic nitrogens is 1. The molecule has 3 rings (SSSR count). The lowest BCUT2D eigenvalue weighted by Gasteiger charge is -2.09. The molecule has 0 spiro atoms. The molecule has 0 bridgehead atoms. The van der Waals surface area contributed by atoms with Gasteiger partial charge in [-0.15, -0.1) is 0 Å². The Morgan fingerprint density at radius 1 is 1.05 bits per heavy atom. The molecule has 0 unspecified atom stereocenters. The highest BCUT2D eigenvalue weighted by Gasteiger charge is 2.10. The number of hydrogen-bond donors (Lipinski definition) is 1. The second-order valence-corrected chi connectivity index (χ2v) is 7.22. The summed E-state index contributed by atoms with van der Waals surface area (Å²) >= 11 is 17.2. The minimum absolute atomic E-state index is 0.650. The summed E-state index contributed by atoms with van der Waals surface area (Å²) in [4.78, 5) is 6.34. The van der Waals surface area contributed by atoms with Gasteiger partial charge in [-0.25, -0.2) is 0 Å². The molecule has 0 radical (unpaired) electrons. The van der Waals surface area contributed by atoms with Crippen molar-refractivity contribution < 1.29 is 0 Å². The summed E-state index contributed by atoms with van der Waals surface area (Å²) in [5, 5.41) is 2.22. The van der Waals surface area contributed by atoms with Gasteiger partial charge in [0.1, 0.15) is 0 Å². The molecular formula is C15H9BrCl2N2S. The highest BCUT2D eigenvalue weighted by molar-refractivity contribution is 9.10. The molecule has 1 heterocycles. The predicted molar refractivity (Wildman–Crippen MR) is 94.4 cm³/mol. The Labute approximate surface area is 144 Å². The van der Waals surface area contributed by atoms with E-state index in [0.29, 0.717) is 15.7 Å². The van der Waals surface area contributed by atoms with Gasteiger partial charge in [0.2, 0.25) is 0 Å². The average Bonchev–Trinajstić information content (AvgIpc) is 2.46. The van der Waals surface area contributed by atoms with E-state index in [1.807, 2.05) is 24.3 Å².